The Balaban J connectivity index is 1.60. The quantitative estimate of drug-likeness (QED) is 0.538. The molecule has 0 atom stereocenters. The number of fused-ring (bicyclic) bond motifs is 1. The van der Waals surface area contributed by atoms with E-state index in [0.29, 0.717) is 0 Å². The zero-order chi connectivity index (χ0) is 16.2. The van der Waals surface area contributed by atoms with Crippen molar-refractivity contribution in [3.8, 4) is 11.5 Å². The number of benzene rings is 3. The molecule has 4 aromatic rings. The minimum absolute atomic E-state index is 0.788. The van der Waals surface area contributed by atoms with Gasteiger partial charge >= 0.3 is 0 Å². The molecule has 0 radical (unpaired) electrons. The first-order valence-electron chi connectivity index (χ1n) is 7.83. The van der Waals surface area contributed by atoms with Gasteiger partial charge in [-0.25, -0.2) is 0 Å². The number of nitrogens with one attached hydrogen (secondary N) is 1. The van der Waals surface area contributed by atoms with Crippen LogP contribution in [0, 0.1) is 0 Å². The molecule has 0 fully saturated rings. The van der Waals surface area contributed by atoms with E-state index < -0.39 is 0 Å². The zero-order valence-electron chi connectivity index (χ0n) is 13.0. The molecule has 0 amide bonds. The van der Waals surface area contributed by atoms with Crippen molar-refractivity contribution in [3.63, 3.8) is 0 Å². The van der Waals surface area contributed by atoms with Crippen LogP contribution in [0.25, 0.3) is 23.1 Å². The van der Waals surface area contributed by atoms with Gasteiger partial charge in [0.25, 0.3) is 0 Å². The van der Waals surface area contributed by atoms with Crippen molar-refractivity contribution in [1.29, 1.82) is 0 Å². The first-order chi connectivity index (χ1) is 11.9. The molecule has 0 aliphatic carbocycles. The molecule has 0 unspecified atom stereocenters. The van der Waals surface area contributed by atoms with Crippen LogP contribution in [0.1, 0.15) is 11.3 Å². The van der Waals surface area contributed by atoms with Gasteiger partial charge in [-0.15, -0.1) is 0 Å². The molecular formula is C21H16N2O. The van der Waals surface area contributed by atoms with E-state index in [1.54, 1.807) is 0 Å². The zero-order valence-corrected chi connectivity index (χ0v) is 13.0. The van der Waals surface area contributed by atoms with E-state index in [1.165, 1.54) is 0 Å². The second kappa shape index (κ2) is 6.42. The van der Waals surface area contributed by atoms with Crippen LogP contribution in [0.5, 0.6) is 11.5 Å². The molecule has 4 rings (SSSR count). The summed E-state index contributed by atoms with van der Waals surface area (Å²) in [4.78, 5) is 0. The summed E-state index contributed by atoms with van der Waals surface area (Å²) in [5.41, 5.74) is 3.02. The van der Waals surface area contributed by atoms with Gasteiger partial charge in [0, 0.05) is 11.5 Å². The molecule has 1 aromatic heterocycles. The largest absolute Gasteiger partial charge is 0.457 e. The highest BCUT2D eigenvalue weighted by molar-refractivity contribution is 5.90. The minimum Gasteiger partial charge on any atom is -0.457 e. The molecule has 3 nitrogen and oxygen atoms in total. The number of para-hydroxylation sites is 1. The van der Waals surface area contributed by atoms with Gasteiger partial charge in [0.1, 0.15) is 11.5 Å². The summed E-state index contributed by atoms with van der Waals surface area (Å²) in [6.07, 6.45) is 4.08. The number of aromatic amines is 1. The lowest BCUT2D eigenvalue weighted by Gasteiger charge is -2.05. The van der Waals surface area contributed by atoms with Crippen molar-refractivity contribution in [2.24, 2.45) is 0 Å². The van der Waals surface area contributed by atoms with Gasteiger partial charge in [0.2, 0.25) is 0 Å². The van der Waals surface area contributed by atoms with E-state index in [9.17, 15) is 0 Å². The third kappa shape index (κ3) is 3.06. The van der Waals surface area contributed by atoms with Crippen LogP contribution in [-0.2, 0) is 0 Å². The maximum absolute atomic E-state index is 5.86. The Labute approximate surface area is 140 Å². The van der Waals surface area contributed by atoms with Gasteiger partial charge in [-0.2, -0.15) is 5.10 Å². The highest BCUT2D eigenvalue weighted by atomic mass is 16.5. The molecule has 3 aromatic carbocycles. The Morgan fingerprint density at radius 2 is 1.50 bits per heavy atom. The molecule has 0 spiro atoms. The molecule has 1 N–H and O–H groups in total. The smallest absolute Gasteiger partial charge is 0.129 e. The molecule has 0 bridgehead atoms. The Hall–Kier alpha value is -3.33. The number of rotatable bonds is 4. The molecule has 0 aliphatic rings. The van der Waals surface area contributed by atoms with E-state index in [1.807, 2.05) is 72.8 Å². The topological polar surface area (TPSA) is 37.9 Å². The predicted molar refractivity (Wildman–Crippen MR) is 98.0 cm³/mol. The van der Waals surface area contributed by atoms with Crippen LogP contribution in [0.3, 0.4) is 0 Å². The van der Waals surface area contributed by atoms with Crippen LogP contribution in [-0.4, -0.2) is 10.2 Å². The maximum Gasteiger partial charge on any atom is 0.129 e. The van der Waals surface area contributed by atoms with Crippen molar-refractivity contribution in [2.45, 2.75) is 0 Å². The van der Waals surface area contributed by atoms with Crippen LogP contribution in [0.4, 0.5) is 0 Å². The van der Waals surface area contributed by atoms with Crippen LogP contribution in [0.2, 0.25) is 0 Å². The number of nitrogens with zero attached hydrogens (tertiary/aromatic N) is 1. The summed E-state index contributed by atoms with van der Waals surface area (Å²) in [5.74, 6) is 1.61. The van der Waals surface area contributed by atoms with Gasteiger partial charge in [0.05, 0.1) is 11.2 Å². The minimum atomic E-state index is 0.788. The molecule has 0 aliphatic heterocycles. The van der Waals surface area contributed by atoms with Gasteiger partial charge in [-0.05, 0) is 35.9 Å². The van der Waals surface area contributed by atoms with Gasteiger partial charge in [-0.3, -0.25) is 5.10 Å². The van der Waals surface area contributed by atoms with Crippen molar-refractivity contribution < 1.29 is 4.74 Å². The number of ether oxygens (including phenoxy) is 1. The number of hydrogen-bond donors (Lipinski definition) is 1. The van der Waals surface area contributed by atoms with E-state index in [-0.39, 0.29) is 0 Å². The lowest BCUT2D eigenvalue weighted by atomic mass is 10.1. The fraction of sp³-hybridized carbons (Fsp3) is 0. The SMILES string of the molecule is C(=C\c1n[nH]c2cc(Oc3ccccc3)ccc12)/c1ccccc1. The van der Waals surface area contributed by atoms with E-state index in [2.05, 4.69) is 28.4 Å². The van der Waals surface area contributed by atoms with Crippen molar-refractivity contribution >= 4 is 23.1 Å². The number of hydrogen-bond acceptors (Lipinski definition) is 2. The van der Waals surface area contributed by atoms with Crippen LogP contribution >= 0.6 is 0 Å². The summed E-state index contributed by atoms with van der Waals surface area (Å²) >= 11 is 0. The molecule has 24 heavy (non-hydrogen) atoms. The molecular weight excluding hydrogens is 296 g/mol. The first kappa shape index (κ1) is 14.3. The monoisotopic (exact) mass is 312 g/mol. The average Bonchev–Trinajstić information content (AvgIpc) is 3.04. The normalized spacial score (nSPS) is 11.2. The molecule has 116 valence electrons. The fourth-order valence-corrected chi connectivity index (χ4v) is 2.57. The summed E-state index contributed by atoms with van der Waals surface area (Å²) in [7, 11) is 0. The Morgan fingerprint density at radius 3 is 2.29 bits per heavy atom. The maximum atomic E-state index is 5.86. The van der Waals surface area contributed by atoms with E-state index in [0.717, 1.165) is 33.7 Å². The molecule has 1 heterocycles. The lowest BCUT2D eigenvalue weighted by Crippen LogP contribution is -1.83. The molecule has 0 saturated heterocycles. The highest BCUT2D eigenvalue weighted by Crippen LogP contribution is 2.26. The van der Waals surface area contributed by atoms with Crippen molar-refractivity contribution in [2.75, 3.05) is 0 Å². The van der Waals surface area contributed by atoms with Crippen molar-refractivity contribution in [3.05, 3.63) is 90.1 Å². The standard InChI is InChI=1S/C21H16N2O/c1-3-7-16(8-4-1)11-14-20-19-13-12-18(15-21(19)23-22-20)24-17-9-5-2-6-10-17/h1-15H,(H,22,23)/b14-11+. The number of aromatic nitrogens is 2. The third-order valence-corrected chi connectivity index (χ3v) is 3.78. The second-order valence-electron chi connectivity index (χ2n) is 5.48. The Morgan fingerprint density at radius 1 is 0.750 bits per heavy atom. The predicted octanol–water partition coefficient (Wildman–Crippen LogP) is 5.53. The second-order valence-corrected chi connectivity index (χ2v) is 5.48. The van der Waals surface area contributed by atoms with Gasteiger partial charge in [-0.1, -0.05) is 54.6 Å². The lowest BCUT2D eigenvalue weighted by molar-refractivity contribution is 0.483. The third-order valence-electron chi connectivity index (χ3n) is 3.78. The number of H-pyrrole nitrogens is 1. The summed E-state index contributed by atoms with van der Waals surface area (Å²) in [5, 5.41) is 8.53. The molecule has 0 saturated carbocycles. The summed E-state index contributed by atoms with van der Waals surface area (Å²) < 4.78 is 5.86. The van der Waals surface area contributed by atoms with E-state index >= 15 is 0 Å². The summed E-state index contributed by atoms with van der Waals surface area (Å²) in [6.45, 7) is 0. The van der Waals surface area contributed by atoms with E-state index in [4.69, 9.17) is 4.74 Å². The van der Waals surface area contributed by atoms with Gasteiger partial charge in [0.15, 0.2) is 0 Å². The van der Waals surface area contributed by atoms with Crippen molar-refractivity contribution in [1.82, 2.24) is 10.2 Å². The van der Waals surface area contributed by atoms with Crippen LogP contribution < -0.4 is 4.74 Å². The highest BCUT2D eigenvalue weighted by Gasteiger charge is 2.05. The average molecular weight is 312 g/mol. The first-order valence-corrected chi connectivity index (χ1v) is 7.83. The van der Waals surface area contributed by atoms with Crippen LogP contribution in [0.15, 0.2) is 78.9 Å². The fourth-order valence-electron chi connectivity index (χ4n) is 2.57. The Bertz CT molecular complexity index is 973. The Kier molecular flexibility index (Phi) is 3.82. The van der Waals surface area contributed by atoms with Gasteiger partial charge < -0.3 is 4.74 Å². The molecule has 3 heteroatoms. The summed E-state index contributed by atoms with van der Waals surface area (Å²) in [6, 6.07) is 25.9.